The molecule has 4 N–H and O–H groups in total. The van der Waals surface area contributed by atoms with Gasteiger partial charge in [0.15, 0.2) is 0 Å². The highest BCUT2D eigenvalue weighted by Crippen LogP contribution is 2.25. The Morgan fingerprint density at radius 1 is 0.765 bits per heavy atom. The zero-order chi connectivity index (χ0) is 12.4. The summed E-state index contributed by atoms with van der Waals surface area (Å²) in [6.07, 6.45) is 0.803. The first kappa shape index (κ1) is 11.5. The largest absolute Gasteiger partial charge is 0.398 e. The van der Waals surface area contributed by atoms with Gasteiger partial charge in [-0.3, -0.25) is 0 Å². The quantitative estimate of drug-likeness (QED) is 0.773. The number of rotatable bonds is 2. The average Bonchev–Trinajstić information content (AvgIpc) is 2.27. The monoisotopic (exact) mass is 226 g/mol. The van der Waals surface area contributed by atoms with Crippen LogP contribution in [0, 0.1) is 13.8 Å². The maximum atomic E-state index is 6.03. The molecule has 2 aromatic carbocycles. The number of hydrogen-bond donors (Lipinski definition) is 2. The molecule has 2 nitrogen and oxygen atoms in total. The highest BCUT2D eigenvalue weighted by atomic mass is 14.6. The summed E-state index contributed by atoms with van der Waals surface area (Å²) >= 11 is 0. The van der Waals surface area contributed by atoms with E-state index in [0.29, 0.717) is 0 Å². The van der Waals surface area contributed by atoms with Crippen LogP contribution in [-0.4, -0.2) is 0 Å². The molecule has 2 heteroatoms. The second kappa shape index (κ2) is 4.50. The van der Waals surface area contributed by atoms with E-state index in [1.165, 1.54) is 22.3 Å². The van der Waals surface area contributed by atoms with E-state index in [1.807, 2.05) is 24.3 Å². The van der Waals surface area contributed by atoms with Gasteiger partial charge in [0.05, 0.1) is 0 Å². The van der Waals surface area contributed by atoms with E-state index in [0.717, 1.165) is 17.8 Å². The molecular formula is C15H18N2. The molecule has 0 radical (unpaired) electrons. The normalized spacial score (nSPS) is 10.5. The molecule has 0 aliphatic rings. The predicted molar refractivity (Wildman–Crippen MR) is 74.0 cm³/mol. The molecule has 0 spiro atoms. The third-order valence-corrected chi connectivity index (χ3v) is 3.25. The maximum absolute atomic E-state index is 6.03. The molecule has 0 heterocycles. The number of nitrogen functional groups attached to an aromatic ring is 2. The molecule has 0 fully saturated rings. The summed E-state index contributed by atoms with van der Waals surface area (Å²) in [7, 11) is 0. The fourth-order valence-electron chi connectivity index (χ4n) is 2.11. The lowest BCUT2D eigenvalue weighted by molar-refractivity contribution is 1.14. The van der Waals surface area contributed by atoms with Crippen LogP contribution in [-0.2, 0) is 6.42 Å². The van der Waals surface area contributed by atoms with Gasteiger partial charge >= 0.3 is 0 Å². The zero-order valence-electron chi connectivity index (χ0n) is 10.3. The summed E-state index contributed by atoms with van der Waals surface area (Å²) in [6.45, 7) is 4.17. The molecule has 2 rings (SSSR count). The zero-order valence-corrected chi connectivity index (χ0v) is 10.3. The van der Waals surface area contributed by atoms with Crippen molar-refractivity contribution in [2.75, 3.05) is 11.5 Å². The molecule has 0 saturated heterocycles. The number of anilines is 2. The second-order valence-electron chi connectivity index (χ2n) is 4.46. The molecule has 0 atom stereocenters. The van der Waals surface area contributed by atoms with Gasteiger partial charge in [-0.1, -0.05) is 24.3 Å². The maximum Gasteiger partial charge on any atom is 0.0352 e. The first-order valence-electron chi connectivity index (χ1n) is 5.77. The highest BCUT2D eigenvalue weighted by Gasteiger charge is 2.08. The van der Waals surface area contributed by atoms with Crippen molar-refractivity contribution in [3.05, 3.63) is 58.7 Å². The molecule has 17 heavy (non-hydrogen) atoms. The topological polar surface area (TPSA) is 52.0 Å². The van der Waals surface area contributed by atoms with E-state index in [2.05, 4.69) is 26.0 Å². The van der Waals surface area contributed by atoms with Crippen molar-refractivity contribution in [2.45, 2.75) is 20.3 Å². The number of benzene rings is 2. The van der Waals surface area contributed by atoms with Gasteiger partial charge in [-0.25, -0.2) is 0 Å². The summed E-state index contributed by atoms with van der Waals surface area (Å²) in [5.41, 5.74) is 18.5. The molecule has 0 aliphatic carbocycles. The van der Waals surface area contributed by atoms with Crippen LogP contribution in [0.15, 0.2) is 36.4 Å². The van der Waals surface area contributed by atoms with Crippen LogP contribution in [0.3, 0.4) is 0 Å². The van der Waals surface area contributed by atoms with Crippen LogP contribution in [0.4, 0.5) is 11.4 Å². The van der Waals surface area contributed by atoms with Gasteiger partial charge in [0.1, 0.15) is 0 Å². The molecule has 0 amide bonds. The number of nitrogens with two attached hydrogens (primary N) is 2. The van der Waals surface area contributed by atoms with E-state index in [1.54, 1.807) is 0 Å². The Kier molecular flexibility index (Phi) is 3.05. The Morgan fingerprint density at radius 2 is 1.18 bits per heavy atom. The molecule has 0 saturated carbocycles. The van der Waals surface area contributed by atoms with Crippen LogP contribution in [0.25, 0.3) is 0 Å². The van der Waals surface area contributed by atoms with Crippen LogP contribution in [0.1, 0.15) is 22.3 Å². The van der Waals surface area contributed by atoms with Crippen molar-refractivity contribution >= 4 is 11.4 Å². The van der Waals surface area contributed by atoms with Crippen LogP contribution in [0.2, 0.25) is 0 Å². The van der Waals surface area contributed by atoms with Gasteiger partial charge in [0.2, 0.25) is 0 Å². The van der Waals surface area contributed by atoms with E-state index >= 15 is 0 Å². The Hall–Kier alpha value is -1.96. The predicted octanol–water partition coefficient (Wildman–Crippen LogP) is 3.06. The second-order valence-corrected chi connectivity index (χ2v) is 4.46. The van der Waals surface area contributed by atoms with Crippen molar-refractivity contribution < 1.29 is 0 Å². The molecule has 0 unspecified atom stereocenters. The lowest BCUT2D eigenvalue weighted by atomic mass is 9.95. The van der Waals surface area contributed by atoms with Gasteiger partial charge in [-0.15, -0.1) is 0 Å². The smallest absolute Gasteiger partial charge is 0.0352 e. The third-order valence-electron chi connectivity index (χ3n) is 3.25. The highest BCUT2D eigenvalue weighted by molar-refractivity contribution is 5.58. The Bertz CT molecular complexity index is 455. The van der Waals surface area contributed by atoms with Crippen molar-refractivity contribution in [2.24, 2.45) is 0 Å². The van der Waals surface area contributed by atoms with E-state index in [9.17, 15) is 0 Å². The van der Waals surface area contributed by atoms with Crippen LogP contribution in [0.5, 0.6) is 0 Å². The lowest BCUT2D eigenvalue weighted by Crippen LogP contribution is -2.03. The summed E-state index contributed by atoms with van der Waals surface area (Å²) < 4.78 is 0. The van der Waals surface area contributed by atoms with E-state index < -0.39 is 0 Å². The molecule has 88 valence electrons. The minimum Gasteiger partial charge on any atom is -0.398 e. The fraction of sp³-hybridized carbons (Fsp3) is 0.200. The third kappa shape index (κ3) is 2.26. The van der Waals surface area contributed by atoms with Gasteiger partial charge < -0.3 is 11.5 Å². The molecular weight excluding hydrogens is 208 g/mol. The van der Waals surface area contributed by atoms with Crippen molar-refractivity contribution in [1.29, 1.82) is 0 Å². The van der Waals surface area contributed by atoms with Crippen LogP contribution < -0.4 is 11.5 Å². The van der Waals surface area contributed by atoms with Crippen molar-refractivity contribution in [3.8, 4) is 0 Å². The first-order chi connectivity index (χ1) is 8.09. The average molecular weight is 226 g/mol. The Labute approximate surface area is 102 Å². The Morgan fingerprint density at radius 3 is 1.53 bits per heavy atom. The number of hydrogen-bond acceptors (Lipinski definition) is 2. The van der Waals surface area contributed by atoms with Crippen LogP contribution >= 0.6 is 0 Å². The SMILES string of the molecule is Cc1cccc(N)c1Cc1c(C)cccc1N. The first-order valence-corrected chi connectivity index (χ1v) is 5.77. The number of aryl methyl sites for hydroxylation is 2. The minimum absolute atomic E-state index is 0.803. The van der Waals surface area contributed by atoms with E-state index in [4.69, 9.17) is 11.5 Å². The minimum atomic E-state index is 0.803. The fourth-order valence-corrected chi connectivity index (χ4v) is 2.11. The molecule has 0 aliphatic heterocycles. The molecule has 2 aromatic rings. The Balaban J connectivity index is 2.45. The summed E-state index contributed by atoms with van der Waals surface area (Å²) in [5.74, 6) is 0. The standard InChI is InChI=1S/C15H18N2/c1-10-5-3-7-14(16)12(10)9-13-11(2)6-4-8-15(13)17/h3-8H,9,16-17H2,1-2H3. The summed E-state index contributed by atoms with van der Waals surface area (Å²) in [5, 5.41) is 0. The molecule has 0 bridgehead atoms. The van der Waals surface area contributed by atoms with E-state index in [-0.39, 0.29) is 0 Å². The van der Waals surface area contributed by atoms with Gasteiger partial charge in [0.25, 0.3) is 0 Å². The summed E-state index contributed by atoms with van der Waals surface area (Å²) in [6, 6.07) is 12.0. The lowest BCUT2D eigenvalue weighted by Gasteiger charge is -2.13. The molecule has 0 aromatic heterocycles. The van der Waals surface area contributed by atoms with Gasteiger partial charge in [0, 0.05) is 17.8 Å². The van der Waals surface area contributed by atoms with Crippen molar-refractivity contribution in [3.63, 3.8) is 0 Å². The summed E-state index contributed by atoms with van der Waals surface area (Å²) in [4.78, 5) is 0. The van der Waals surface area contributed by atoms with Gasteiger partial charge in [-0.05, 0) is 48.2 Å². The van der Waals surface area contributed by atoms with Gasteiger partial charge in [-0.2, -0.15) is 0 Å². The van der Waals surface area contributed by atoms with Crippen molar-refractivity contribution in [1.82, 2.24) is 0 Å².